The highest BCUT2D eigenvalue weighted by molar-refractivity contribution is 6.32. The van der Waals surface area contributed by atoms with Crippen molar-refractivity contribution in [2.75, 3.05) is 6.54 Å². The van der Waals surface area contributed by atoms with E-state index in [0.29, 0.717) is 11.1 Å². The molecular weight excluding hydrogens is 206 g/mol. The van der Waals surface area contributed by atoms with Gasteiger partial charge in [-0.15, -0.1) is 0 Å². The Kier molecular flexibility index (Phi) is 4.86. The van der Waals surface area contributed by atoms with Gasteiger partial charge in [-0.1, -0.05) is 36.9 Å². The zero-order chi connectivity index (χ0) is 11.3. The molecule has 82 valence electrons. The van der Waals surface area contributed by atoms with Crippen LogP contribution in [0.1, 0.15) is 19.8 Å². The largest absolute Gasteiger partial charge is 0.310 e. The van der Waals surface area contributed by atoms with Crippen LogP contribution in [0.2, 0.25) is 0 Å². The maximum atomic E-state index is 6.11. The molecule has 2 heteroatoms. The molecule has 1 N–H and O–H groups in total. The maximum absolute atomic E-state index is 6.11. The first-order chi connectivity index (χ1) is 7.19. The number of halogens is 1. The van der Waals surface area contributed by atoms with Crippen LogP contribution >= 0.6 is 11.6 Å². The second-order valence-electron chi connectivity index (χ2n) is 3.71. The number of nitrogens with one attached hydrogen (secondary N) is 1. The SMILES string of the molecule is C=C/C=C(Cl)\C(=C/C)C(=C)CNC1CC1. The average Bonchev–Trinajstić information content (AvgIpc) is 2.99. The Morgan fingerprint density at radius 2 is 2.20 bits per heavy atom. The van der Waals surface area contributed by atoms with Gasteiger partial charge in [0.15, 0.2) is 0 Å². The highest BCUT2D eigenvalue weighted by Gasteiger charge is 2.20. The molecule has 0 saturated heterocycles. The fraction of sp³-hybridized carbons (Fsp3) is 0.385. The van der Waals surface area contributed by atoms with Crippen LogP contribution in [0.25, 0.3) is 0 Å². The first-order valence-electron chi connectivity index (χ1n) is 5.25. The quantitative estimate of drug-likeness (QED) is 0.680. The molecule has 0 aromatic rings. The summed E-state index contributed by atoms with van der Waals surface area (Å²) in [5, 5.41) is 4.12. The van der Waals surface area contributed by atoms with Crippen molar-refractivity contribution in [1.29, 1.82) is 0 Å². The van der Waals surface area contributed by atoms with Crippen LogP contribution in [0.15, 0.2) is 47.6 Å². The Balaban J connectivity index is 2.52. The summed E-state index contributed by atoms with van der Waals surface area (Å²) in [7, 11) is 0. The standard InChI is InChI=1S/C13H18ClN/c1-4-6-13(14)12(5-2)10(3)9-15-11-7-8-11/h4-6,11,15H,1,3,7-9H2,2H3/b12-5-,13-6+. The zero-order valence-corrected chi connectivity index (χ0v) is 9.98. The highest BCUT2D eigenvalue weighted by atomic mass is 35.5. The summed E-state index contributed by atoms with van der Waals surface area (Å²) in [6, 6.07) is 0.696. The second kappa shape index (κ2) is 5.94. The first-order valence-corrected chi connectivity index (χ1v) is 5.63. The lowest BCUT2D eigenvalue weighted by atomic mass is 10.1. The topological polar surface area (TPSA) is 12.0 Å². The van der Waals surface area contributed by atoms with Crippen LogP contribution in [0.4, 0.5) is 0 Å². The van der Waals surface area contributed by atoms with Crippen molar-refractivity contribution in [3.05, 3.63) is 47.6 Å². The highest BCUT2D eigenvalue weighted by Crippen LogP contribution is 2.23. The summed E-state index contributed by atoms with van der Waals surface area (Å²) in [6.07, 6.45) is 8.04. The molecule has 1 fully saturated rings. The second-order valence-corrected chi connectivity index (χ2v) is 4.12. The van der Waals surface area contributed by atoms with Crippen LogP contribution in [0.3, 0.4) is 0 Å². The third-order valence-electron chi connectivity index (χ3n) is 2.37. The van der Waals surface area contributed by atoms with Gasteiger partial charge in [-0.2, -0.15) is 0 Å². The fourth-order valence-electron chi connectivity index (χ4n) is 1.35. The molecule has 0 aromatic carbocycles. The first kappa shape index (κ1) is 12.3. The van der Waals surface area contributed by atoms with Gasteiger partial charge in [0.05, 0.1) is 0 Å². The van der Waals surface area contributed by atoms with Crippen LogP contribution in [0, 0.1) is 0 Å². The van der Waals surface area contributed by atoms with Gasteiger partial charge in [-0.3, -0.25) is 0 Å². The monoisotopic (exact) mass is 223 g/mol. The summed E-state index contributed by atoms with van der Waals surface area (Å²) >= 11 is 6.11. The Bertz CT molecular complexity index is 308. The molecule has 1 aliphatic rings. The van der Waals surface area contributed by atoms with Crippen molar-refractivity contribution in [2.45, 2.75) is 25.8 Å². The minimum absolute atomic E-state index is 0.696. The van der Waals surface area contributed by atoms with Gasteiger partial charge < -0.3 is 5.32 Å². The van der Waals surface area contributed by atoms with Crippen molar-refractivity contribution in [2.24, 2.45) is 0 Å². The van der Waals surface area contributed by atoms with E-state index in [9.17, 15) is 0 Å². The average molecular weight is 224 g/mol. The molecule has 1 aliphatic carbocycles. The summed E-state index contributed by atoms with van der Waals surface area (Å²) in [5.41, 5.74) is 2.04. The lowest BCUT2D eigenvalue weighted by Gasteiger charge is -2.10. The molecule has 0 atom stereocenters. The Morgan fingerprint density at radius 3 is 2.67 bits per heavy atom. The third-order valence-corrected chi connectivity index (χ3v) is 2.70. The number of hydrogen-bond donors (Lipinski definition) is 1. The molecule has 0 heterocycles. The molecule has 0 aliphatic heterocycles. The van der Waals surface area contributed by atoms with Crippen LogP contribution in [-0.4, -0.2) is 12.6 Å². The molecule has 0 bridgehead atoms. The van der Waals surface area contributed by atoms with Crippen LogP contribution in [0.5, 0.6) is 0 Å². The zero-order valence-electron chi connectivity index (χ0n) is 9.22. The van der Waals surface area contributed by atoms with E-state index < -0.39 is 0 Å². The molecule has 0 amide bonds. The van der Waals surface area contributed by atoms with E-state index in [1.165, 1.54) is 12.8 Å². The third kappa shape index (κ3) is 4.06. The molecule has 0 aromatic heterocycles. The predicted molar refractivity (Wildman–Crippen MR) is 68.1 cm³/mol. The summed E-state index contributed by atoms with van der Waals surface area (Å²) in [6.45, 7) is 10.4. The van der Waals surface area contributed by atoms with E-state index in [2.05, 4.69) is 18.5 Å². The molecule has 0 spiro atoms. The molecule has 15 heavy (non-hydrogen) atoms. The van der Waals surface area contributed by atoms with Crippen molar-refractivity contribution in [1.82, 2.24) is 5.32 Å². The van der Waals surface area contributed by atoms with Gasteiger partial charge in [0.2, 0.25) is 0 Å². The van der Waals surface area contributed by atoms with Gasteiger partial charge in [-0.05, 0) is 37.0 Å². The van der Waals surface area contributed by atoms with Gasteiger partial charge in [0.25, 0.3) is 0 Å². The summed E-state index contributed by atoms with van der Waals surface area (Å²) in [4.78, 5) is 0. The van der Waals surface area contributed by atoms with E-state index in [0.717, 1.165) is 17.7 Å². The van der Waals surface area contributed by atoms with Crippen molar-refractivity contribution < 1.29 is 0 Å². The molecule has 0 unspecified atom stereocenters. The van der Waals surface area contributed by atoms with Crippen molar-refractivity contribution >= 4 is 11.6 Å². The van der Waals surface area contributed by atoms with Crippen molar-refractivity contribution in [3.63, 3.8) is 0 Å². The van der Waals surface area contributed by atoms with Gasteiger partial charge in [0.1, 0.15) is 0 Å². The minimum Gasteiger partial charge on any atom is -0.310 e. The van der Waals surface area contributed by atoms with Crippen molar-refractivity contribution in [3.8, 4) is 0 Å². The fourth-order valence-corrected chi connectivity index (χ4v) is 1.69. The Hall–Kier alpha value is -0.790. The molecule has 0 radical (unpaired) electrons. The molecule has 1 nitrogen and oxygen atoms in total. The smallest absolute Gasteiger partial charge is 0.0477 e. The van der Waals surface area contributed by atoms with Gasteiger partial charge in [0, 0.05) is 17.6 Å². The van der Waals surface area contributed by atoms with E-state index in [1.54, 1.807) is 12.2 Å². The van der Waals surface area contributed by atoms with E-state index in [-0.39, 0.29) is 0 Å². The van der Waals surface area contributed by atoms with E-state index in [1.807, 2.05) is 13.0 Å². The minimum atomic E-state index is 0.696. The maximum Gasteiger partial charge on any atom is 0.0477 e. The van der Waals surface area contributed by atoms with Crippen LogP contribution in [-0.2, 0) is 0 Å². The summed E-state index contributed by atoms with van der Waals surface area (Å²) in [5.74, 6) is 0. The number of allylic oxidation sites excluding steroid dienone is 4. The normalized spacial score (nSPS) is 17.7. The Labute approximate surface area is 97.2 Å². The Morgan fingerprint density at radius 1 is 1.53 bits per heavy atom. The summed E-state index contributed by atoms with van der Waals surface area (Å²) < 4.78 is 0. The number of rotatable bonds is 6. The lowest BCUT2D eigenvalue weighted by molar-refractivity contribution is 0.739. The van der Waals surface area contributed by atoms with E-state index in [4.69, 9.17) is 11.6 Å². The van der Waals surface area contributed by atoms with Crippen LogP contribution < -0.4 is 5.32 Å². The number of hydrogen-bond acceptors (Lipinski definition) is 1. The molecule has 1 saturated carbocycles. The lowest BCUT2D eigenvalue weighted by Crippen LogP contribution is -2.19. The molecular formula is C13H18ClN. The predicted octanol–water partition coefficient (Wildman–Crippen LogP) is 3.55. The molecule has 1 rings (SSSR count). The van der Waals surface area contributed by atoms with E-state index >= 15 is 0 Å². The van der Waals surface area contributed by atoms with Gasteiger partial charge >= 0.3 is 0 Å². The van der Waals surface area contributed by atoms with Gasteiger partial charge in [-0.25, -0.2) is 0 Å².